The molecule has 0 bridgehead atoms. The largest absolute Gasteiger partial charge is 0.772 e. The molecule has 0 aliphatic heterocycles. The normalized spacial score (nSPS) is 18.4. The van der Waals surface area contributed by atoms with Gasteiger partial charge in [0.1, 0.15) is 0 Å². The zero-order chi connectivity index (χ0) is 14.0. The van der Waals surface area contributed by atoms with Crippen molar-refractivity contribution in [1.29, 1.82) is 0 Å². The second-order valence-electron chi connectivity index (χ2n) is 4.61. The smallest absolute Gasteiger partial charge is 0.278 e. The summed E-state index contributed by atoms with van der Waals surface area (Å²) in [4.78, 5) is 11.0. The first-order valence-corrected chi connectivity index (χ1v) is 7.14. The Kier molecular flexibility index (Phi) is 5.22. The van der Waals surface area contributed by atoms with Crippen molar-refractivity contribution >= 4 is 27.1 Å². The zero-order valence-corrected chi connectivity index (χ0v) is 11.3. The fourth-order valence-corrected chi connectivity index (χ4v) is 3.68. The standard InChI is InChI=1S/C7H16N2O6S2/c1-9(2,3)4-5(16(11)12)6(7(8)10)17(13,14)15/h5-6H,4H2,1-3H3,(H3-,8,10,11,12,13,14,15). The van der Waals surface area contributed by atoms with Crippen LogP contribution in [0.5, 0.6) is 0 Å². The van der Waals surface area contributed by atoms with Gasteiger partial charge in [-0.15, -0.1) is 0 Å². The van der Waals surface area contributed by atoms with E-state index in [9.17, 15) is 22.0 Å². The summed E-state index contributed by atoms with van der Waals surface area (Å²) in [5, 5.41) is -3.75. The lowest BCUT2D eigenvalue weighted by Gasteiger charge is -2.32. The van der Waals surface area contributed by atoms with Crippen molar-refractivity contribution in [2.24, 2.45) is 5.73 Å². The monoisotopic (exact) mass is 288 g/mol. The molecule has 102 valence electrons. The number of carbonyl (C=O) groups is 1. The molecule has 0 aliphatic carbocycles. The number of hydrogen-bond donors (Lipinski definition) is 2. The molecular weight excluding hydrogens is 272 g/mol. The fourth-order valence-electron chi connectivity index (χ4n) is 1.32. The third-order valence-electron chi connectivity index (χ3n) is 1.91. The lowest BCUT2D eigenvalue weighted by molar-refractivity contribution is -0.869. The molecule has 0 saturated heterocycles. The highest BCUT2D eigenvalue weighted by Crippen LogP contribution is 2.13. The van der Waals surface area contributed by atoms with Gasteiger partial charge < -0.3 is 14.8 Å². The van der Waals surface area contributed by atoms with E-state index in [4.69, 9.17) is 10.3 Å². The minimum absolute atomic E-state index is 0.0952. The number of amides is 1. The minimum atomic E-state index is -4.86. The molecule has 0 aromatic carbocycles. The Morgan fingerprint density at radius 3 is 2.06 bits per heavy atom. The Morgan fingerprint density at radius 2 is 1.88 bits per heavy atom. The first-order chi connectivity index (χ1) is 7.36. The van der Waals surface area contributed by atoms with Gasteiger partial charge >= 0.3 is 0 Å². The number of quaternary nitrogens is 1. The molecule has 0 rings (SSSR count). The Balaban J connectivity index is 5.43. The number of carbonyl (C=O) groups excluding carboxylic acids is 1. The van der Waals surface area contributed by atoms with E-state index in [0.29, 0.717) is 0 Å². The van der Waals surface area contributed by atoms with E-state index < -0.39 is 37.6 Å². The zero-order valence-electron chi connectivity index (χ0n) is 9.69. The fraction of sp³-hybridized carbons (Fsp3) is 0.857. The van der Waals surface area contributed by atoms with E-state index >= 15 is 0 Å². The highest BCUT2D eigenvalue weighted by atomic mass is 32.2. The molecule has 8 nitrogen and oxygen atoms in total. The Morgan fingerprint density at radius 1 is 1.47 bits per heavy atom. The van der Waals surface area contributed by atoms with Gasteiger partial charge in [-0.2, -0.15) is 8.42 Å². The molecule has 0 aromatic heterocycles. The summed E-state index contributed by atoms with van der Waals surface area (Å²) in [6.45, 7) is -0.177. The third-order valence-corrected chi connectivity index (χ3v) is 4.20. The molecule has 10 heteroatoms. The lowest BCUT2D eigenvalue weighted by atomic mass is 10.2. The first kappa shape index (κ1) is 16.4. The molecule has 17 heavy (non-hydrogen) atoms. The van der Waals surface area contributed by atoms with Crippen LogP contribution in [0.2, 0.25) is 0 Å². The molecule has 0 saturated carbocycles. The number of primary amides is 1. The van der Waals surface area contributed by atoms with Crippen LogP contribution >= 0.6 is 0 Å². The van der Waals surface area contributed by atoms with E-state index in [2.05, 4.69) is 0 Å². The van der Waals surface area contributed by atoms with Crippen LogP contribution in [0, 0.1) is 0 Å². The van der Waals surface area contributed by atoms with Crippen molar-refractivity contribution < 1.29 is 31.0 Å². The van der Waals surface area contributed by atoms with E-state index in [-0.39, 0.29) is 11.0 Å². The molecule has 0 aliphatic rings. The summed E-state index contributed by atoms with van der Waals surface area (Å²) < 4.78 is 52.9. The van der Waals surface area contributed by atoms with Gasteiger partial charge in [-0.3, -0.25) is 13.6 Å². The van der Waals surface area contributed by atoms with E-state index in [1.165, 1.54) is 0 Å². The van der Waals surface area contributed by atoms with Crippen LogP contribution in [0.4, 0.5) is 0 Å². The van der Waals surface area contributed by atoms with E-state index in [1.807, 2.05) is 0 Å². The number of nitrogens with two attached hydrogens (primary N) is 1. The highest BCUT2D eigenvalue weighted by Gasteiger charge is 2.41. The lowest BCUT2D eigenvalue weighted by Crippen LogP contribution is -2.54. The van der Waals surface area contributed by atoms with Crippen LogP contribution in [-0.4, -0.2) is 70.3 Å². The molecule has 3 unspecified atom stereocenters. The number of hydrogen-bond acceptors (Lipinski definition) is 5. The Hall–Kier alpha value is -0.550. The number of nitrogens with zero attached hydrogens (tertiary/aromatic N) is 1. The van der Waals surface area contributed by atoms with Crippen LogP contribution in [0.1, 0.15) is 0 Å². The molecule has 3 N–H and O–H groups in total. The van der Waals surface area contributed by atoms with Crippen molar-refractivity contribution in [3.8, 4) is 0 Å². The van der Waals surface area contributed by atoms with Crippen molar-refractivity contribution in [1.82, 2.24) is 0 Å². The molecule has 0 radical (unpaired) electrons. The van der Waals surface area contributed by atoms with E-state index in [1.54, 1.807) is 21.1 Å². The van der Waals surface area contributed by atoms with Crippen molar-refractivity contribution in [3.05, 3.63) is 0 Å². The van der Waals surface area contributed by atoms with Crippen LogP contribution < -0.4 is 5.73 Å². The quantitative estimate of drug-likeness (QED) is 0.320. The topological polar surface area (TPSA) is 138 Å². The summed E-state index contributed by atoms with van der Waals surface area (Å²) in [7, 11) is -0.0194. The molecule has 1 amide bonds. The van der Waals surface area contributed by atoms with Crippen LogP contribution in [0.15, 0.2) is 0 Å². The summed E-state index contributed by atoms with van der Waals surface area (Å²) in [5.41, 5.74) is 4.82. The van der Waals surface area contributed by atoms with Crippen LogP contribution in [-0.2, 0) is 26.0 Å². The van der Waals surface area contributed by atoms with Gasteiger partial charge in [-0.1, -0.05) is 0 Å². The first-order valence-electron chi connectivity index (χ1n) is 4.50. The highest BCUT2D eigenvalue weighted by molar-refractivity contribution is 7.89. The molecule has 0 spiro atoms. The third kappa shape index (κ3) is 5.55. The summed E-state index contributed by atoms with van der Waals surface area (Å²) in [6.07, 6.45) is 0. The Labute approximate surface area is 102 Å². The molecule has 0 fully saturated rings. The molecule has 0 heterocycles. The molecule has 0 aromatic rings. The van der Waals surface area contributed by atoms with Gasteiger partial charge in [-0.25, -0.2) is 0 Å². The predicted molar refractivity (Wildman–Crippen MR) is 60.1 cm³/mol. The number of rotatable bonds is 6. The maximum atomic E-state index is 11.0. The second-order valence-corrected chi connectivity index (χ2v) is 7.27. The van der Waals surface area contributed by atoms with Crippen molar-refractivity contribution in [2.45, 2.75) is 10.5 Å². The van der Waals surface area contributed by atoms with Gasteiger partial charge in [0.15, 0.2) is 5.25 Å². The minimum Gasteiger partial charge on any atom is -0.772 e. The second kappa shape index (κ2) is 5.40. The summed E-state index contributed by atoms with van der Waals surface area (Å²) >= 11 is -2.85. The van der Waals surface area contributed by atoms with Gasteiger partial charge in [0.25, 0.3) is 10.1 Å². The van der Waals surface area contributed by atoms with Gasteiger partial charge in [0.05, 0.1) is 32.9 Å². The Bertz CT molecular complexity index is 413. The van der Waals surface area contributed by atoms with Gasteiger partial charge in [-0.05, 0) is 11.1 Å². The predicted octanol–water partition coefficient (Wildman–Crippen LogP) is -2.32. The summed E-state index contributed by atoms with van der Waals surface area (Å²) in [5.74, 6) is -1.39. The average Bonchev–Trinajstić information content (AvgIpc) is 1.96. The summed E-state index contributed by atoms with van der Waals surface area (Å²) in [6, 6.07) is 0. The van der Waals surface area contributed by atoms with Crippen LogP contribution in [0.25, 0.3) is 0 Å². The van der Waals surface area contributed by atoms with Crippen molar-refractivity contribution in [2.75, 3.05) is 27.7 Å². The maximum Gasteiger partial charge on any atom is 0.278 e. The van der Waals surface area contributed by atoms with Gasteiger partial charge in [0, 0.05) is 0 Å². The van der Waals surface area contributed by atoms with Gasteiger partial charge in [0.2, 0.25) is 5.91 Å². The van der Waals surface area contributed by atoms with Crippen molar-refractivity contribution in [3.63, 3.8) is 0 Å². The molecule has 3 atom stereocenters. The molecular formula is C7H16N2O6S2. The average molecular weight is 288 g/mol. The SMILES string of the molecule is C[N+](C)(C)CC(C(C(N)=O)S(=O)(=O)O)S(=O)[O-]. The maximum absolute atomic E-state index is 11.0. The van der Waals surface area contributed by atoms with E-state index in [0.717, 1.165) is 0 Å². The van der Waals surface area contributed by atoms with Crippen LogP contribution in [0.3, 0.4) is 0 Å².